The van der Waals surface area contributed by atoms with Crippen LogP contribution in [0, 0.1) is 0 Å². The molecule has 0 aliphatic carbocycles. The van der Waals surface area contributed by atoms with Crippen LogP contribution in [0.1, 0.15) is 21.7 Å². The second-order valence-corrected chi connectivity index (χ2v) is 5.13. The van der Waals surface area contributed by atoms with E-state index >= 15 is 0 Å². The van der Waals surface area contributed by atoms with Crippen molar-refractivity contribution in [2.45, 2.75) is 12.8 Å². The van der Waals surface area contributed by atoms with Gasteiger partial charge >= 0.3 is 0 Å². The van der Waals surface area contributed by atoms with Crippen LogP contribution in [-0.2, 0) is 6.42 Å². The first-order chi connectivity index (χ1) is 9.29. The number of hydrogen-bond acceptors (Lipinski definition) is 3. The highest BCUT2D eigenvalue weighted by atomic mass is 32.1. The summed E-state index contributed by atoms with van der Waals surface area (Å²) in [6.45, 7) is 0.697. The van der Waals surface area contributed by atoms with E-state index in [2.05, 4.69) is 17.4 Å². The molecular formula is C15H17NO2S. The van der Waals surface area contributed by atoms with Crippen LogP contribution in [0.4, 0.5) is 0 Å². The molecule has 0 aliphatic heterocycles. The molecule has 0 aliphatic rings. The van der Waals surface area contributed by atoms with Crippen LogP contribution >= 0.6 is 11.3 Å². The maximum atomic E-state index is 11.7. The minimum atomic E-state index is 0.0183. The van der Waals surface area contributed by atoms with Crippen molar-refractivity contribution < 1.29 is 9.53 Å². The largest absolute Gasteiger partial charge is 0.497 e. The van der Waals surface area contributed by atoms with Gasteiger partial charge in [0.2, 0.25) is 0 Å². The number of carbonyl (C=O) groups excluding carboxylic acids is 1. The Morgan fingerprint density at radius 3 is 2.68 bits per heavy atom. The fraction of sp³-hybridized carbons (Fsp3) is 0.267. The van der Waals surface area contributed by atoms with Crippen LogP contribution in [0.5, 0.6) is 5.75 Å². The van der Waals surface area contributed by atoms with Crippen molar-refractivity contribution in [1.82, 2.24) is 5.32 Å². The van der Waals surface area contributed by atoms with E-state index in [0.29, 0.717) is 6.54 Å². The van der Waals surface area contributed by atoms with Gasteiger partial charge in [0.15, 0.2) is 0 Å². The number of hydrogen-bond donors (Lipinski definition) is 1. The van der Waals surface area contributed by atoms with Crippen molar-refractivity contribution in [1.29, 1.82) is 0 Å². The maximum Gasteiger partial charge on any atom is 0.261 e. The van der Waals surface area contributed by atoms with Gasteiger partial charge in [-0.1, -0.05) is 18.2 Å². The third kappa shape index (κ3) is 4.10. The average molecular weight is 275 g/mol. The second-order valence-electron chi connectivity index (χ2n) is 4.18. The molecule has 0 unspecified atom stereocenters. The Morgan fingerprint density at radius 2 is 2.05 bits per heavy atom. The molecule has 0 saturated heterocycles. The van der Waals surface area contributed by atoms with Crippen LogP contribution in [-0.4, -0.2) is 19.6 Å². The van der Waals surface area contributed by atoms with E-state index in [-0.39, 0.29) is 5.91 Å². The summed E-state index contributed by atoms with van der Waals surface area (Å²) in [6, 6.07) is 11.7. The van der Waals surface area contributed by atoms with Gasteiger partial charge in [0.05, 0.1) is 12.0 Å². The molecule has 0 fully saturated rings. The van der Waals surface area contributed by atoms with Gasteiger partial charge in [-0.2, -0.15) is 0 Å². The molecular weight excluding hydrogens is 258 g/mol. The first-order valence-electron chi connectivity index (χ1n) is 6.24. The fourth-order valence-corrected chi connectivity index (χ4v) is 2.42. The number of benzene rings is 1. The number of aryl methyl sites for hydroxylation is 1. The molecule has 1 amide bonds. The Hall–Kier alpha value is -1.81. The van der Waals surface area contributed by atoms with Gasteiger partial charge < -0.3 is 10.1 Å². The first kappa shape index (κ1) is 13.6. The van der Waals surface area contributed by atoms with Crippen LogP contribution in [0.3, 0.4) is 0 Å². The van der Waals surface area contributed by atoms with Gasteiger partial charge in [-0.3, -0.25) is 4.79 Å². The van der Waals surface area contributed by atoms with E-state index < -0.39 is 0 Å². The standard InChI is InChI=1S/C15H17NO2S/c1-18-13-8-6-12(7-9-13)4-2-10-16-15(17)14-5-3-11-19-14/h3,5-9,11H,2,4,10H2,1H3,(H,16,17). The lowest BCUT2D eigenvalue weighted by Gasteiger charge is -2.05. The Labute approximate surface area is 117 Å². The number of methoxy groups -OCH3 is 1. The molecule has 1 N–H and O–H groups in total. The Morgan fingerprint density at radius 1 is 1.26 bits per heavy atom. The SMILES string of the molecule is COc1ccc(CCCNC(=O)c2cccs2)cc1. The van der Waals surface area contributed by atoms with E-state index in [9.17, 15) is 4.79 Å². The molecule has 0 atom stereocenters. The van der Waals surface area contributed by atoms with Crippen molar-refractivity contribution in [2.24, 2.45) is 0 Å². The molecule has 19 heavy (non-hydrogen) atoms. The van der Waals surface area contributed by atoms with Crippen molar-refractivity contribution in [3.8, 4) is 5.75 Å². The number of ether oxygens (including phenoxy) is 1. The molecule has 2 aromatic rings. The summed E-state index contributed by atoms with van der Waals surface area (Å²) >= 11 is 1.46. The summed E-state index contributed by atoms with van der Waals surface area (Å²) in [5.74, 6) is 0.888. The van der Waals surface area contributed by atoms with Crippen molar-refractivity contribution in [3.05, 3.63) is 52.2 Å². The minimum absolute atomic E-state index is 0.0183. The van der Waals surface area contributed by atoms with Crippen LogP contribution in [0.25, 0.3) is 0 Å². The fourth-order valence-electron chi connectivity index (χ4n) is 1.78. The summed E-state index contributed by atoms with van der Waals surface area (Å²) in [5.41, 5.74) is 1.26. The normalized spacial score (nSPS) is 10.2. The van der Waals surface area contributed by atoms with E-state index in [4.69, 9.17) is 4.74 Å². The number of rotatable bonds is 6. The molecule has 2 rings (SSSR count). The smallest absolute Gasteiger partial charge is 0.261 e. The first-order valence-corrected chi connectivity index (χ1v) is 7.12. The zero-order valence-electron chi connectivity index (χ0n) is 10.9. The third-order valence-corrected chi connectivity index (χ3v) is 3.70. The summed E-state index contributed by atoms with van der Waals surface area (Å²) in [7, 11) is 1.66. The van der Waals surface area contributed by atoms with Crippen molar-refractivity contribution in [2.75, 3.05) is 13.7 Å². The second kappa shape index (κ2) is 6.95. The summed E-state index contributed by atoms with van der Waals surface area (Å²) < 4.78 is 5.11. The highest BCUT2D eigenvalue weighted by molar-refractivity contribution is 7.12. The van der Waals surface area contributed by atoms with E-state index in [1.807, 2.05) is 29.6 Å². The number of carbonyl (C=O) groups is 1. The predicted octanol–water partition coefficient (Wildman–Crippen LogP) is 3.12. The highest BCUT2D eigenvalue weighted by Crippen LogP contribution is 2.12. The predicted molar refractivity (Wildman–Crippen MR) is 78.0 cm³/mol. The third-order valence-electron chi connectivity index (χ3n) is 2.83. The van der Waals surface area contributed by atoms with Crippen LogP contribution < -0.4 is 10.1 Å². The summed E-state index contributed by atoms with van der Waals surface area (Å²) in [6.07, 6.45) is 1.89. The van der Waals surface area contributed by atoms with Gasteiger partial charge in [-0.15, -0.1) is 11.3 Å². The molecule has 0 spiro atoms. The minimum Gasteiger partial charge on any atom is -0.497 e. The zero-order valence-corrected chi connectivity index (χ0v) is 11.7. The van der Waals surface area contributed by atoms with Crippen LogP contribution in [0.2, 0.25) is 0 Å². The summed E-state index contributed by atoms with van der Waals surface area (Å²) in [5, 5.41) is 4.83. The van der Waals surface area contributed by atoms with Crippen LogP contribution in [0.15, 0.2) is 41.8 Å². The number of thiophene rings is 1. The molecule has 1 aromatic heterocycles. The molecule has 1 aromatic carbocycles. The summed E-state index contributed by atoms with van der Waals surface area (Å²) in [4.78, 5) is 12.5. The van der Waals surface area contributed by atoms with Gasteiger partial charge in [0.25, 0.3) is 5.91 Å². The van der Waals surface area contributed by atoms with E-state index in [0.717, 1.165) is 23.5 Å². The van der Waals surface area contributed by atoms with Crippen molar-refractivity contribution >= 4 is 17.2 Å². The maximum absolute atomic E-state index is 11.7. The van der Waals surface area contributed by atoms with Gasteiger partial charge in [0, 0.05) is 6.54 Å². The highest BCUT2D eigenvalue weighted by Gasteiger charge is 2.04. The molecule has 0 saturated carbocycles. The quantitative estimate of drug-likeness (QED) is 0.823. The molecule has 4 heteroatoms. The molecule has 3 nitrogen and oxygen atoms in total. The zero-order chi connectivity index (χ0) is 13.5. The number of amides is 1. The van der Waals surface area contributed by atoms with E-state index in [1.165, 1.54) is 16.9 Å². The molecule has 100 valence electrons. The Bertz CT molecular complexity index is 505. The number of nitrogens with one attached hydrogen (secondary N) is 1. The van der Waals surface area contributed by atoms with Gasteiger partial charge in [-0.25, -0.2) is 0 Å². The average Bonchev–Trinajstić information content (AvgIpc) is 2.98. The van der Waals surface area contributed by atoms with E-state index in [1.54, 1.807) is 7.11 Å². The lowest BCUT2D eigenvalue weighted by atomic mass is 10.1. The lowest BCUT2D eigenvalue weighted by molar-refractivity contribution is 0.0957. The molecule has 0 bridgehead atoms. The lowest BCUT2D eigenvalue weighted by Crippen LogP contribution is -2.23. The van der Waals surface area contributed by atoms with Crippen molar-refractivity contribution in [3.63, 3.8) is 0 Å². The Kier molecular flexibility index (Phi) is 4.98. The molecule has 1 heterocycles. The Balaban J connectivity index is 1.70. The molecule has 0 radical (unpaired) electrons. The van der Waals surface area contributed by atoms with Gasteiger partial charge in [0.1, 0.15) is 5.75 Å². The van der Waals surface area contributed by atoms with Gasteiger partial charge in [-0.05, 0) is 42.0 Å². The topological polar surface area (TPSA) is 38.3 Å². The monoisotopic (exact) mass is 275 g/mol.